The molecular formula is C14H14ClFOS. The van der Waals surface area contributed by atoms with E-state index in [1.165, 1.54) is 10.9 Å². The maximum atomic E-state index is 13.3. The second-order valence-electron chi connectivity index (χ2n) is 4.09. The summed E-state index contributed by atoms with van der Waals surface area (Å²) in [4.78, 5) is 2.13. The number of thiophene rings is 1. The fourth-order valence-corrected chi connectivity index (χ4v) is 2.92. The van der Waals surface area contributed by atoms with Crippen LogP contribution in [0, 0.1) is 5.82 Å². The Morgan fingerprint density at radius 3 is 2.78 bits per heavy atom. The minimum Gasteiger partial charge on any atom is -0.387 e. The van der Waals surface area contributed by atoms with E-state index in [1.807, 2.05) is 12.1 Å². The zero-order chi connectivity index (χ0) is 13.1. The average molecular weight is 285 g/mol. The lowest BCUT2D eigenvalue weighted by atomic mass is 10.1. The van der Waals surface area contributed by atoms with Crippen LogP contribution in [0.25, 0.3) is 0 Å². The zero-order valence-electron chi connectivity index (χ0n) is 9.99. The maximum Gasteiger partial charge on any atom is 0.142 e. The van der Waals surface area contributed by atoms with E-state index in [0.29, 0.717) is 12.0 Å². The van der Waals surface area contributed by atoms with Gasteiger partial charge in [-0.3, -0.25) is 0 Å². The number of hydrogen-bond acceptors (Lipinski definition) is 2. The molecule has 1 unspecified atom stereocenters. The third-order valence-corrected chi connectivity index (χ3v) is 4.56. The van der Waals surface area contributed by atoms with Crippen molar-refractivity contribution in [3.63, 3.8) is 0 Å². The van der Waals surface area contributed by atoms with Gasteiger partial charge in [0.2, 0.25) is 0 Å². The Kier molecular flexibility index (Phi) is 4.38. The highest BCUT2D eigenvalue weighted by molar-refractivity contribution is 7.12. The quantitative estimate of drug-likeness (QED) is 0.883. The van der Waals surface area contributed by atoms with Crippen LogP contribution in [0.4, 0.5) is 4.39 Å². The van der Waals surface area contributed by atoms with Crippen LogP contribution < -0.4 is 0 Å². The van der Waals surface area contributed by atoms with Gasteiger partial charge in [0, 0.05) is 16.2 Å². The van der Waals surface area contributed by atoms with Crippen LogP contribution in [0.1, 0.15) is 28.3 Å². The van der Waals surface area contributed by atoms with Crippen LogP contribution in [0.3, 0.4) is 0 Å². The van der Waals surface area contributed by atoms with Gasteiger partial charge in [0.05, 0.1) is 11.1 Å². The predicted octanol–water partition coefficient (Wildman–Crippen LogP) is 4.38. The molecule has 0 aliphatic heterocycles. The van der Waals surface area contributed by atoms with Gasteiger partial charge in [-0.1, -0.05) is 30.7 Å². The van der Waals surface area contributed by atoms with Gasteiger partial charge in [-0.05, 0) is 30.2 Å². The molecule has 96 valence electrons. The smallest absolute Gasteiger partial charge is 0.142 e. The van der Waals surface area contributed by atoms with Crippen molar-refractivity contribution in [1.29, 1.82) is 0 Å². The fraction of sp³-hybridized carbons (Fsp3) is 0.286. The molecule has 1 nitrogen and oxygen atoms in total. The number of aliphatic hydroxyl groups excluding tert-OH is 1. The molecule has 0 spiro atoms. The van der Waals surface area contributed by atoms with Crippen LogP contribution in [-0.4, -0.2) is 5.11 Å². The van der Waals surface area contributed by atoms with E-state index < -0.39 is 11.9 Å². The van der Waals surface area contributed by atoms with Crippen molar-refractivity contribution in [2.75, 3.05) is 0 Å². The molecule has 0 bridgehead atoms. The standard InChI is InChI=1S/C14H14ClFOS/c1-2-10-6-7-13(18-10)12(17)8-9-4-3-5-11(16)14(9)15/h3-7,12,17H,2,8H2,1H3. The highest BCUT2D eigenvalue weighted by Gasteiger charge is 2.14. The number of aryl methyl sites for hydroxylation is 1. The first-order chi connectivity index (χ1) is 8.61. The summed E-state index contributed by atoms with van der Waals surface area (Å²) in [6.07, 6.45) is 0.660. The minimum atomic E-state index is -0.630. The summed E-state index contributed by atoms with van der Waals surface area (Å²) in [7, 11) is 0. The molecule has 0 aliphatic carbocycles. The SMILES string of the molecule is CCc1ccc(C(O)Cc2cccc(F)c2Cl)s1. The molecule has 0 saturated carbocycles. The second kappa shape index (κ2) is 5.83. The van der Waals surface area contributed by atoms with Crippen LogP contribution in [0.2, 0.25) is 5.02 Å². The maximum absolute atomic E-state index is 13.3. The van der Waals surface area contributed by atoms with Crippen LogP contribution in [0.15, 0.2) is 30.3 Å². The molecule has 1 N–H and O–H groups in total. The molecule has 18 heavy (non-hydrogen) atoms. The van der Waals surface area contributed by atoms with Gasteiger partial charge in [0.15, 0.2) is 0 Å². The summed E-state index contributed by atoms with van der Waals surface area (Å²) in [6, 6.07) is 8.59. The van der Waals surface area contributed by atoms with Gasteiger partial charge in [-0.15, -0.1) is 11.3 Å². The van der Waals surface area contributed by atoms with Gasteiger partial charge in [-0.25, -0.2) is 4.39 Å². The Morgan fingerprint density at radius 2 is 2.11 bits per heavy atom. The molecule has 1 aromatic carbocycles. The van der Waals surface area contributed by atoms with E-state index >= 15 is 0 Å². The first-order valence-electron chi connectivity index (χ1n) is 5.81. The van der Waals surface area contributed by atoms with E-state index in [0.717, 1.165) is 11.3 Å². The van der Waals surface area contributed by atoms with Crippen molar-refractivity contribution in [3.8, 4) is 0 Å². The summed E-state index contributed by atoms with van der Waals surface area (Å²) in [5, 5.41) is 10.2. The molecule has 0 aliphatic rings. The number of benzene rings is 1. The van der Waals surface area contributed by atoms with E-state index in [2.05, 4.69) is 6.92 Å². The molecule has 0 fully saturated rings. The van der Waals surface area contributed by atoms with Crippen LogP contribution >= 0.6 is 22.9 Å². The number of halogens is 2. The van der Waals surface area contributed by atoms with Gasteiger partial charge in [0.1, 0.15) is 5.82 Å². The second-order valence-corrected chi connectivity index (χ2v) is 5.67. The largest absolute Gasteiger partial charge is 0.387 e. The first kappa shape index (κ1) is 13.5. The third-order valence-electron chi connectivity index (χ3n) is 2.80. The monoisotopic (exact) mass is 284 g/mol. The molecular weight excluding hydrogens is 271 g/mol. The summed E-state index contributed by atoms with van der Waals surface area (Å²) in [5.74, 6) is -0.443. The first-order valence-corrected chi connectivity index (χ1v) is 7.00. The minimum absolute atomic E-state index is 0.101. The summed E-state index contributed by atoms with van der Waals surface area (Å²) in [6.45, 7) is 2.07. The molecule has 2 rings (SSSR count). The van der Waals surface area contributed by atoms with Crippen molar-refractivity contribution in [2.45, 2.75) is 25.9 Å². The third kappa shape index (κ3) is 2.91. The Labute approximate surface area is 115 Å². The van der Waals surface area contributed by atoms with Gasteiger partial charge < -0.3 is 5.11 Å². The fourth-order valence-electron chi connectivity index (χ4n) is 1.78. The molecule has 1 aromatic heterocycles. The van der Waals surface area contributed by atoms with Gasteiger partial charge >= 0.3 is 0 Å². The van der Waals surface area contributed by atoms with E-state index in [-0.39, 0.29) is 5.02 Å². The molecule has 0 radical (unpaired) electrons. The highest BCUT2D eigenvalue weighted by Crippen LogP contribution is 2.29. The van der Waals surface area contributed by atoms with Crippen LogP contribution in [0.5, 0.6) is 0 Å². The number of aliphatic hydroxyl groups is 1. The summed E-state index contributed by atoms with van der Waals surface area (Å²) >= 11 is 7.46. The number of hydrogen-bond donors (Lipinski definition) is 1. The molecule has 4 heteroatoms. The Balaban J connectivity index is 2.15. The van der Waals surface area contributed by atoms with Crippen molar-refractivity contribution in [2.24, 2.45) is 0 Å². The Bertz CT molecular complexity index is 538. The normalized spacial score (nSPS) is 12.7. The van der Waals surface area contributed by atoms with Gasteiger partial charge in [0.25, 0.3) is 0 Å². The van der Waals surface area contributed by atoms with E-state index in [1.54, 1.807) is 23.5 Å². The van der Waals surface area contributed by atoms with E-state index in [9.17, 15) is 9.50 Å². The Hall–Kier alpha value is -0.900. The zero-order valence-corrected chi connectivity index (χ0v) is 11.6. The average Bonchev–Trinajstić information content (AvgIpc) is 2.83. The summed E-state index contributed by atoms with van der Waals surface area (Å²) < 4.78 is 13.3. The molecule has 1 atom stereocenters. The van der Waals surface area contributed by atoms with Crippen LogP contribution in [-0.2, 0) is 12.8 Å². The van der Waals surface area contributed by atoms with Crippen molar-refractivity contribution < 1.29 is 9.50 Å². The Morgan fingerprint density at radius 1 is 1.33 bits per heavy atom. The predicted molar refractivity (Wildman–Crippen MR) is 73.8 cm³/mol. The lowest BCUT2D eigenvalue weighted by molar-refractivity contribution is 0.182. The van der Waals surface area contributed by atoms with Crippen molar-refractivity contribution >= 4 is 22.9 Å². The highest BCUT2D eigenvalue weighted by atomic mass is 35.5. The lowest BCUT2D eigenvalue weighted by Crippen LogP contribution is -2.00. The molecule has 1 heterocycles. The molecule has 0 saturated heterocycles. The van der Waals surface area contributed by atoms with E-state index in [4.69, 9.17) is 11.6 Å². The lowest BCUT2D eigenvalue weighted by Gasteiger charge is -2.10. The number of rotatable bonds is 4. The molecule has 0 amide bonds. The summed E-state index contributed by atoms with van der Waals surface area (Å²) in [5.41, 5.74) is 0.635. The topological polar surface area (TPSA) is 20.2 Å². The molecule has 2 aromatic rings. The van der Waals surface area contributed by atoms with Crippen molar-refractivity contribution in [3.05, 3.63) is 56.5 Å². The van der Waals surface area contributed by atoms with Gasteiger partial charge in [-0.2, -0.15) is 0 Å². The van der Waals surface area contributed by atoms with Crippen molar-refractivity contribution in [1.82, 2.24) is 0 Å².